The number of aliphatic hydroxyl groups excluding tert-OH is 1. The Labute approximate surface area is 131 Å². The van der Waals surface area contributed by atoms with Crippen molar-refractivity contribution in [3.63, 3.8) is 0 Å². The number of hydrogen-bond donors (Lipinski definition) is 1. The maximum Gasteiger partial charge on any atom is 0.149 e. The highest BCUT2D eigenvalue weighted by molar-refractivity contribution is 5.21. The van der Waals surface area contributed by atoms with E-state index in [4.69, 9.17) is 9.47 Å². The van der Waals surface area contributed by atoms with Crippen LogP contribution in [0.3, 0.4) is 0 Å². The van der Waals surface area contributed by atoms with Crippen molar-refractivity contribution >= 4 is 0 Å². The number of para-hydroxylation sites is 1. The Morgan fingerprint density at radius 3 is 2.32 bits per heavy atom. The van der Waals surface area contributed by atoms with E-state index in [9.17, 15) is 5.11 Å². The summed E-state index contributed by atoms with van der Waals surface area (Å²) in [6.07, 6.45) is -0.194. The fraction of sp³-hybridized carbons (Fsp3) is 0.263. The van der Waals surface area contributed by atoms with Crippen molar-refractivity contribution in [1.29, 1.82) is 0 Å². The summed E-state index contributed by atoms with van der Waals surface area (Å²) >= 11 is 0. The molecule has 0 heterocycles. The van der Waals surface area contributed by atoms with Crippen molar-refractivity contribution in [2.75, 3.05) is 13.2 Å². The molecule has 1 N–H and O–H groups in total. The van der Waals surface area contributed by atoms with Crippen molar-refractivity contribution < 1.29 is 14.6 Å². The molecule has 0 bridgehead atoms. The molecular formula is C19H20O3. The minimum absolute atomic E-state index is 0.281. The number of rotatable bonds is 7. The van der Waals surface area contributed by atoms with Crippen LogP contribution in [-0.4, -0.2) is 24.4 Å². The predicted molar refractivity (Wildman–Crippen MR) is 86.4 cm³/mol. The molecule has 2 aromatic carbocycles. The zero-order valence-corrected chi connectivity index (χ0v) is 12.4. The predicted octanol–water partition coefficient (Wildman–Crippen LogP) is 3.04. The first-order valence-electron chi connectivity index (χ1n) is 7.28. The first-order chi connectivity index (χ1) is 10.8. The molecule has 1 atom stereocenters. The Morgan fingerprint density at radius 2 is 1.59 bits per heavy atom. The molecule has 3 nitrogen and oxygen atoms in total. The SMILES string of the molecule is OC(CC#CCOc1ccccc1)COCc1ccccc1. The van der Waals surface area contributed by atoms with Gasteiger partial charge in [-0.1, -0.05) is 60.4 Å². The molecule has 0 aliphatic rings. The Kier molecular flexibility index (Phi) is 7.04. The molecule has 22 heavy (non-hydrogen) atoms. The van der Waals surface area contributed by atoms with E-state index in [1.807, 2.05) is 60.7 Å². The summed E-state index contributed by atoms with van der Waals surface area (Å²) < 4.78 is 10.9. The minimum atomic E-state index is -0.576. The lowest BCUT2D eigenvalue weighted by molar-refractivity contribution is 0.0311. The highest BCUT2D eigenvalue weighted by Gasteiger charge is 2.02. The third kappa shape index (κ3) is 6.45. The molecule has 0 aliphatic carbocycles. The van der Waals surface area contributed by atoms with Gasteiger partial charge in [-0.25, -0.2) is 0 Å². The van der Waals surface area contributed by atoms with Crippen LogP contribution in [0.1, 0.15) is 12.0 Å². The molecule has 0 spiro atoms. The van der Waals surface area contributed by atoms with Gasteiger partial charge in [-0.3, -0.25) is 0 Å². The van der Waals surface area contributed by atoms with Gasteiger partial charge < -0.3 is 14.6 Å². The van der Waals surface area contributed by atoms with Gasteiger partial charge in [0.1, 0.15) is 12.4 Å². The smallest absolute Gasteiger partial charge is 0.149 e. The maximum absolute atomic E-state index is 9.78. The average molecular weight is 296 g/mol. The van der Waals surface area contributed by atoms with Gasteiger partial charge in [-0.2, -0.15) is 0 Å². The summed E-state index contributed by atoms with van der Waals surface area (Å²) in [5.74, 6) is 6.58. The van der Waals surface area contributed by atoms with Crippen LogP contribution in [0.15, 0.2) is 60.7 Å². The van der Waals surface area contributed by atoms with Gasteiger partial charge in [0.05, 0.1) is 19.3 Å². The Balaban J connectivity index is 1.58. The lowest BCUT2D eigenvalue weighted by atomic mass is 10.2. The molecule has 0 aliphatic heterocycles. The molecule has 2 rings (SSSR count). The van der Waals surface area contributed by atoms with Gasteiger partial charge in [-0.05, 0) is 17.7 Å². The Morgan fingerprint density at radius 1 is 0.909 bits per heavy atom. The van der Waals surface area contributed by atoms with E-state index in [1.165, 1.54) is 0 Å². The Hall–Kier alpha value is -2.28. The molecule has 0 fully saturated rings. The van der Waals surface area contributed by atoms with E-state index in [0.717, 1.165) is 11.3 Å². The van der Waals surface area contributed by atoms with Gasteiger partial charge in [-0.15, -0.1) is 0 Å². The van der Waals surface area contributed by atoms with Gasteiger partial charge in [0.2, 0.25) is 0 Å². The topological polar surface area (TPSA) is 38.7 Å². The summed E-state index contributed by atoms with van der Waals surface area (Å²) in [5.41, 5.74) is 1.09. The zero-order valence-electron chi connectivity index (χ0n) is 12.4. The van der Waals surface area contributed by atoms with Crippen LogP contribution < -0.4 is 4.74 Å². The van der Waals surface area contributed by atoms with E-state index in [2.05, 4.69) is 11.8 Å². The zero-order chi connectivity index (χ0) is 15.5. The van der Waals surface area contributed by atoms with E-state index in [-0.39, 0.29) is 6.61 Å². The summed E-state index contributed by atoms with van der Waals surface area (Å²) in [7, 11) is 0. The normalized spacial score (nSPS) is 11.3. The molecule has 2 aromatic rings. The highest BCUT2D eigenvalue weighted by atomic mass is 16.5. The van der Waals surface area contributed by atoms with Gasteiger partial charge >= 0.3 is 0 Å². The van der Waals surface area contributed by atoms with E-state index in [1.54, 1.807) is 0 Å². The van der Waals surface area contributed by atoms with Crippen LogP contribution in [0.4, 0.5) is 0 Å². The molecule has 0 saturated carbocycles. The quantitative estimate of drug-likeness (QED) is 0.798. The molecular weight excluding hydrogens is 276 g/mol. The first kappa shape index (κ1) is 16.1. The van der Waals surface area contributed by atoms with Crippen molar-refractivity contribution in [3.05, 3.63) is 66.2 Å². The van der Waals surface area contributed by atoms with Crippen molar-refractivity contribution in [2.24, 2.45) is 0 Å². The van der Waals surface area contributed by atoms with Crippen LogP contribution in [0.25, 0.3) is 0 Å². The van der Waals surface area contributed by atoms with Crippen molar-refractivity contribution in [1.82, 2.24) is 0 Å². The second kappa shape index (κ2) is 9.62. The fourth-order valence-corrected chi connectivity index (χ4v) is 1.82. The van der Waals surface area contributed by atoms with Gasteiger partial charge in [0.15, 0.2) is 0 Å². The summed E-state index contributed by atoms with van der Waals surface area (Å²) in [4.78, 5) is 0. The summed E-state index contributed by atoms with van der Waals surface area (Å²) in [6, 6.07) is 19.4. The van der Waals surface area contributed by atoms with Crippen molar-refractivity contribution in [3.8, 4) is 17.6 Å². The lowest BCUT2D eigenvalue weighted by Crippen LogP contribution is -2.14. The Bertz CT molecular complexity index is 584. The third-order valence-electron chi connectivity index (χ3n) is 2.94. The van der Waals surface area contributed by atoms with E-state index in [0.29, 0.717) is 19.6 Å². The highest BCUT2D eigenvalue weighted by Crippen LogP contribution is 2.07. The lowest BCUT2D eigenvalue weighted by Gasteiger charge is -2.08. The molecule has 1 unspecified atom stereocenters. The second-order valence-electron chi connectivity index (χ2n) is 4.81. The maximum atomic E-state index is 9.78. The molecule has 114 valence electrons. The summed E-state index contributed by atoms with van der Waals surface area (Å²) in [5, 5.41) is 9.78. The number of hydrogen-bond acceptors (Lipinski definition) is 3. The standard InChI is InChI=1S/C19H20O3/c20-18(16-21-15-17-9-3-1-4-10-17)11-7-8-14-22-19-12-5-2-6-13-19/h1-6,9-10,12-13,18,20H,11,14-16H2. The number of aliphatic hydroxyl groups is 1. The van der Waals surface area contributed by atoms with Crippen LogP contribution in [0.2, 0.25) is 0 Å². The van der Waals surface area contributed by atoms with E-state index >= 15 is 0 Å². The molecule has 3 heteroatoms. The summed E-state index contributed by atoms with van der Waals surface area (Å²) in [6.45, 7) is 1.10. The fourth-order valence-electron chi connectivity index (χ4n) is 1.82. The van der Waals surface area contributed by atoms with Gasteiger partial charge in [0.25, 0.3) is 0 Å². The molecule has 0 saturated heterocycles. The van der Waals surface area contributed by atoms with Crippen LogP contribution >= 0.6 is 0 Å². The van der Waals surface area contributed by atoms with Crippen molar-refractivity contribution in [2.45, 2.75) is 19.1 Å². The minimum Gasteiger partial charge on any atom is -0.481 e. The van der Waals surface area contributed by atoms with Crippen LogP contribution in [-0.2, 0) is 11.3 Å². The van der Waals surface area contributed by atoms with E-state index < -0.39 is 6.10 Å². The molecule has 0 aromatic heterocycles. The first-order valence-corrected chi connectivity index (χ1v) is 7.28. The average Bonchev–Trinajstić information content (AvgIpc) is 2.56. The third-order valence-corrected chi connectivity index (χ3v) is 2.94. The second-order valence-corrected chi connectivity index (χ2v) is 4.81. The molecule has 0 amide bonds. The number of benzene rings is 2. The van der Waals surface area contributed by atoms with Crippen LogP contribution in [0.5, 0.6) is 5.75 Å². The van der Waals surface area contributed by atoms with Gasteiger partial charge in [0, 0.05) is 6.42 Å². The largest absolute Gasteiger partial charge is 0.481 e. The van der Waals surface area contributed by atoms with Crippen LogP contribution in [0, 0.1) is 11.8 Å². The monoisotopic (exact) mass is 296 g/mol. The molecule has 0 radical (unpaired) electrons. The number of ether oxygens (including phenoxy) is 2.